The van der Waals surface area contributed by atoms with Gasteiger partial charge in [-0.2, -0.15) is 5.26 Å². The quantitative estimate of drug-likeness (QED) is 0.817. The number of benzene rings is 1. The third kappa shape index (κ3) is 3.72. The number of nitriles is 1. The van der Waals surface area contributed by atoms with Crippen molar-refractivity contribution in [2.75, 3.05) is 19.1 Å². The van der Waals surface area contributed by atoms with Crippen LogP contribution in [0.5, 0.6) is 5.75 Å². The Balaban J connectivity index is 2.98. The van der Waals surface area contributed by atoms with E-state index in [-0.39, 0.29) is 18.7 Å². The summed E-state index contributed by atoms with van der Waals surface area (Å²) in [4.78, 5) is 13.5. The Morgan fingerprint density at radius 2 is 2.16 bits per heavy atom. The lowest BCUT2D eigenvalue weighted by Gasteiger charge is -2.20. The van der Waals surface area contributed by atoms with Crippen LogP contribution in [0, 0.1) is 11.3 Å². The van der Waals surface area contributed by atoms with Gasteiger partial charge in [-0.1, -0.05) is 13.8 Å². The number of rotatable bonds is 5. The molecular weight excluding hydrogens is 240 g/mol. The molecule has 102 valence electrons. The first-order chi connectivity index (χ1) is 9.01. The van der Waals surface area contributed by atoms with E-state index >= 15 is 0 Å². The SMILES string of the molecule is COc1ccc(N(C)C(=O)CCC#N)cc1C(C)C. The number of carbonyl (C=O) groups is 1. The van der Waals surface area contributed by atoms with Gasteiger partial charge in [0.25, 0.3) is 0 Å². The molecule has 0 unspecified atom stereocenters. The summed E-state index contributed by atoms with van der Waals surface area (Å²) < 4.78 is 5.32. The molecule has 0 bridgehead atoms. The predicted octanol–water partition coefficient (Wildman–Crippen LogP) is 3.09. The van der Waals surface area contributed by atoms with E-state index in [0.29, 0.717) is 5.92 Å². The van der Waals surface area contributed by atoms with Gasteiger partial charge >= 0.3 is 0 Å². The fourth-order valence-electron chi connectivity index (χ4n) is 1.86. The number of carbonyl (C=O) groups excluding carboxylic acids is 1. The normalized spacial score (nSPS) is 10.1. The van der Waals surface area contributed by atoms with Crippen molar-refractivity contribution in [3.63, 3.8) is 0 Å². The van der Waals surface area contributed by atoms with Gasteiger partial charge in [-0.15, -0.1) is 0 Å². The molecule has 1 aromatic carbocycles. The minimum absolute atomic E-state index is 0.0542. The number of hydrogen-bond donors (Lipinski definition) is 0. The van der Waals surface area contributed by atoms with Gasteiger partial charge in [0.1, 0.15) is 5.75 Å². The Morgan fingerprint density at radius 1 is 1.47 bits per heavy atom. The summed E-state index contributed by atoms with van der Waals surface area (Å²) in [7, 11) is 3.37. The number of amides is 1. The topological polar surface area (TPSA) is 53.3 Å². The first kappa shape index (κ1) is 15.0. The average molecular weight is 260 g/mol. The molecule has 1 aromatic rings. The van der Waals surface area contributed by atoms with Crippen LogP contribution in [0.3, 0.4) is 0 Å². The van der Waals surface area contributed by atoms with Crippen LogP contribution in [0.4, 0.5) is 5.69 Å². The maximum Gasteiger partial charge on any atom is 0.227 e. The van der Waals surface area contributed by atoms with Gasteiger partial charge in [-0.3, -0.25) is 4.79 Å². The zero-order chi connectivity index (χ0) is 14.4. The number of ether oxygens (including phenoxy) is 1. The molecule has 4 nitrogen and oxygen atoms in total. The minimum Gasteiger partial charge on any atom is -0.496 e. The minimum atomic E-state index is -0.0542. The summed E-state index contributed by atoms with van der Waals surface area (Å²) in [6, 6.07) is 7.68. The molecule has 0 N–H and O–H groups in total. The van der Waals surface area contributed by atoms with Crippen LogP contribution >= 0.6 is 0 Å². The van der Waals surface area contributed by atoms with E-state index in [1.165, 1.54) is 0 Å². The van der Waals surface area contributed by atoms with Crippen LogP contribution in [0.15, 0.2) is 18.2 Å². The van der Waals surface area contributed by atoms with Gasteiger partial charge in [-0.05, 0) is 29.7 Å². The molecule has 0 spiro atoms. The lowest BCUT2D eigenvalue weighted by molar-refractivity contribution is -0.118. The Hall–Kier alpha value is -2.02. The summed E-state index contributed by atoms with van der Waals surface area (Å²) >= 11 is 0. The van der Waals surface area contributed by atoms with Crippen LogP contribution in [0.2, 0.25) is 0 Å². The Morgan fingerprint density at radius 3 is 2.68 bits per heavy atom. The number of hydrogen-bond acceptors (Lipinski definition) is 3. The standard InChI is InChI=1S/C15H20N2O2/c1-11(2)13-10-12(7-8-14(13)19-4)17(3)15(18)6-5-9-16/h7-8,10-11H,5-6H2,1-4H3. The van der Waals surface area contributed by atoms with Crippen LogP contribution in [0.25, 0.3) is 0 Å². The molecule has 4 heteroatoms. The van der Waals surface area contributed by atoms with Gasteiger partial charge in [0.15, 0.2) is 0 Å². The fraction of sp³-hybridized carbons (Fsp3) is 0.467. The molecule has 1 amide bonds. The Labute approximate surface area is 114 Å². The molecule has 19 heavy (non-hydrogen) atoms. The van der Waals surface area contributed by atoms with Gasteiger partial charge in [0, 0.05) is 25.6 Å². The average Bonchev–Trinajstić information content (AvgIpc) is 2.42. The highest BCUT2D eigenvalue weighted by molar-refractivity contribution is 5.93. The molecule has 0 saturated heterocycles. The molecule has 0 radical (unpaired) electrons. The van der Waals surface area contributed by atoms with E-state index in [4.69, 9.17) is 10.00 Å². The maximum atomic E-state index is 11.9. The van der Waals surface area contributed by atoms with Gasteiger partial charge in [0.2, 0.25) is 5.91 Å². The highest BCUT2D eigenvalue weighted by Crippen LogP contribution is 2.30. The Bertz CT molecular complexity index is 489. The van der Waals surface area contributed by atoms with E-state index in [0.717, 1.165) is 17.0 Å². The lowest BCUT2D eigenvalue weighted by atomic mass is 10.0. The van der Waals surface area contributed by atoms with Crippen LogP contribution < -0.4 is 9.64 Å². The maximum absolute atomic E-state index is 11.9. The van der Waals surface area contributed by atoms with E-state index < -0.39 is 0 Å². The molecule has 0 aromatic heterocycles. The van der Waals surface area contributed by atoms with Crippen molar-refractivity contribution in [1.29, 1.82) is 5.26 Å². The summed E-state index contributed by atoms with van der Waals surface area (Å²) in [5, 5.41) is 8.52. The molecule has 1 rings (SSSR count). The van der Waals surface area contributed by atoms with Crippen molar-refractivity contribution in [3.05, 3.63) is 23.8 Å². The van der Waals surface area contributed by atoms with Crippen molar-refractivity contribution in [2.45, 2.75) is 32.6 Å². The summed E-state index contributed by atoms with van der Waals surface area (Å²) in [5.74, 6) is 1.09. The number of methoxy groups -OCH3 is 1. The number of anilines is 1. The van der Waals surface area contributed by atoms with E-state index in [1.54, 1.807) is 19.1 Å². The molecule has 0 atom stereocenters. The first-order valence-corrected chi connectivity index (χ1v) is 6.32. The molecule has 0 fully saturated rings. The molecule has 0 aliphatic heterocycles. The first-order valence-electron chi connectivity index (χ1n) is 6.32. The van der Waals surface area contributed by atoms with Crippen LogP contribution in [-0.2, 0) is 4.79 Å². The van der Waals surface area contributed by atoms with E-state index in [2.05, 4.69) is 13.8 Å². The second kappa shape index (κ2) is 6.79. The molecular formula is C15H20N2O2. The van der Waals surface area contributed by atoms with Crippen LogP contribution in [-0.4, -0.2) is 20.1 Å². The van der Waals surface area contributed by atoms with Crippen molar-refractivity contribution in [3.8, 4) is 11.8 Å². The van der Waals surface area contributed by atoms with Crippen molar-refractivity contribution >= 4 is 11.6 Å². The third-order valence-corrected chi connectivity index (χ3v) is 3.05. The zero-order valence-electron chi connectivity index (χ0n) is 11.9. The van der Waals surface area contributed by atoms with Gasteiger partial charge in [-0.25, -0.2) is 0 Å². The molecule has 0 heterocycles. The van der Waals surface area contributed by atoms with Gasteiger partial charge < -0.3 is 9.64 Å². The molecule has 0 saturated carbocycles. The highest BCUT2D eigenvalue weighted by Gasteiger charge is 2.14. The second-order valence-corrected chi connectivity index (χ2v) is 4.69. The molecule has 0 aliphatic rings. The van der Waals surface area contributed by atoms with E-state index in [9.17, 15) is 4.79 Å². The fourth-order valence-corrected chi connectivity index (χ4v) is 1.86. The molecule has 0 aliphatic carbocycles. The zero-order valence-corrected chi connectivity index (χ0v) is 11.9. The Kier molecular flexibility index (Phi) is 5.37. The van der Waals surface area contributed by atoms with Crippen molar-refractivity contribution in [1.82, 2.24) is 0 Å². The van der Waals surface area contributed by atoms with Crippen molar-refractivity contribution < 1.29 is 9.53 Å². The largest absolute Gasteiger partial charge is 0.496 e. The van der Waals surface area contributed by atoms with Crippen molar-refractivity contribution in [2.24, 2.45) is 0 Å². The van der Waals surface area contributed by atoms with Crippen LogP contribution in [0.1, 0.15) is 38.2 Å². The van der Waals surface area contributed by atoms with Gasteiger partial charge in [0.05, 0.1) is 13.2 Å². The summed E-state index contributed by atoms with van der Waals surface area (Å²) in [6.07, 6.45) is 0.492. The number of nitrogens with zero attached hydrogens (tertiary/aromatic N) is 2. The lowest BCUT2D eigenvalue weighted by Crippen LogP contribution is -2.25. The summed E-state index contributed by atoms with van der Waals surface area (Å²) in [6.45, 7) is 4.16. The second-order valence-electron chi connectivity index (χ2n) is 4.69. The predicted molar refractivity (Wildman–Crippen MR) is 75.3 cm³/mol. The smallest absolute Gasteiger partial charge is 0.227 e. The van der Waals surface area contributed by atoms with E-state index in [1.807, 2.05) is 24.3 Å². The third-order valence-electron chi connectivity index (χ3n) is 3.05. The summed E-state index contributed by atoms with van der Waals surface area (Å²) in [5.41, 5.74) is 1.90. The highest BCUT2D eigenvalue weighted by atomic mass is 16.5. The monoisotopic (exact) mass is 260 g/mol.